The quantitative estimate of drug-likeness (QED) is 0.354. The Bertz CT molecular complexity index is 1290. The summed E-state index contributed by atoms with van der Waals surface area (Å²) < 4.78 is 37.3. The summed E-state index contributed by atoms with van der Waals surface area (Å²) in [7, 11) is 0. The smallest absolute Gasteiger partial charge is 0.387 e. The lowest BCUT2D eigenvalue weighted by Crippen LogP contribution is -2.24. The maximum atomic E-state index is 12.9. The highest BCUT2D eigenvalue weighted by atomic mass is 79.9. The summed E-state index contributed by atoms with van der Waals surface area (Å²) in [4.78, 5) is 18.8. The van der Waals surface area contributed by atoms with Crippen molar-refractivity contribution in [3.05, 3.63) is 70.5 Å². The van der Waals surface area contributed by atoms with Crippen LogP contribution in [0.15, 0.2) is 63.7 Å². The van der Waals surface area contributed by atoms with Gasteiger partial charge >= 0.3 is 6.61 Å². The van der Waals surface area contributed by atoms with Crippen LogP contribution in [0, 0.1) is 0 Å². The second-order valence-electron chi connectivity index (χ2n) is 7.48. The van der Waals surface area contributed by atoms with Crippen LogP contribution in [0.4, 0.5) is 8.78 Å². The second-order valence-corrected chi connectivity index (χ2v) is 8.33. The van der Waals surface area contributed by atoms with E-state index in [1.54, 1.807) is 24.5 Å². The normalized spacial score (nSPS) is 16.7. The average Bonchev–Trinajstić information content (AvgIpc) is 3.31. The van der Waals surface area contributed by atoms with E-state index in [1.165, 1.54) is 6.07 Å². The van der Waals surface area contributed by atoms with Gasteiger partial charge in [-0.2, -0.15) is 8.78 Å². The van der Waals surface area contributed by atoms with Crippen molar-refractivity contribution in [3.8, 4) is 5.75 Å². The number of carbonyl (C=O) groups is 1. The molecule has 0 N–H and O–H groups in total. The van der Waals surface area contributed by atoms with Gasteiger partial charge in [0.25, 0.3) is 0 Å². The minimum atomic E-state index is -2.96. The van der Waals surface area contributed by atoms with Crippen molar-refractivity contribution in [1.82, 2.24) is 9.88 Å². The van der Waals surface area contributed by atoms with E-state index in [9.17, 15) is 13.6 Å². The van der Waals surface area contributed by atoms with Crippen molar-refractivity contribution >= 4 is 43.8 Å². The molecular formula is C23H17BrF2N2O3. The number of hydrogen-bond acceptors (Lipinski definition) is 4. The average molecular weight is 487 g/mol. The van der Waals surface area contributed by atoms with Gasteiger partial charge in [0.2, 0.25) is 5.91 Å². The minimum absolute atomic E-state index is 0.0284. The highest BCUT2D eigenvalue weighted by molar-refractivity contribution is 9.10. The van der Waals surface area contributed by atoms with Gasteiger partial charge in [-0.1, -0.05) is 40.2 Å². The molecule has 5 nitrogen and oxygen atoms in total. The molecule has 8 heteroatoms. The Morgan fingerprint density at radius 3 is 2.87 bits per heavy atom. The van der Waals surface area contributed by atoms with Gasteiger partial charge in [-0.25, -0.2) is 0 Å². The van der Waals surface area contributed by atoms with E-state index in [2.05, 4.69) is 25.7 Å². The predicted molar refractivity (Wildman–Crippen MR) is 115 cm³/mol. The summed E-state index contributed by atoms with van der Waals surface area (Å²) in [5.74, 6) is -0.0776. The third kappa shape index (κ3) is 3.65. The van der Waals surface area contributed by atoms with E-state index in [1.807, 2.05) is 29.2 Å². The van der Waals surface area contributed by atoms with Crippen LogP contribution in [0.25, 0.3) is 21.9 Å². The van der Waals surface area contributed by atoms with E-state index in [0.29, 0.717) is 35.9 Å². The van der Waals surface area contributed by atoms with E-state index >= 15 is 0 Å². The van der Waals surface area contributed by atoms with E-state index in [0.717, 1.165) is 15.6 Å². The van der Waals surface area contributed by atoms with Gasteiger partial charge in [-0.05, 0) is 29.3 Å². The fourth-order valence-electron chi connectivity index (χ4n) is 4.22. The SMILES string of the molecule is O=C1CC(c2ccc(OC(F)F)c3oc4ccncc4c23)CN1Cc1ccccc1Br. The Balaban J connectivity index is 1.54. The number of benzene rings is 2. The molecule has 1 fully saturated rings. The Hall–Kier alpha value is -3.00. The van der Waals surface area contributed by atoms with Gasteiger partial charge in [0.1, 0.15) is 5.58 Å². The number of amides is 1. The molecule has 0 radical (unpaired) electrons. The molecule has 2 aromatic heterocycles. The highest BCUT2D eigenvalue weighted by Gasteiger charge is 2.33. The van der Waals surface area contributed by atoms with Crippen molar-refractivity contribution in [3.63, 3.8) is 0 Å². The van der Waals surface area contributed by atoms with Crippen molar-refractivity contribution in [2.24, 2.45) is 0 Å². The second kappa shape index (κ2) is 7.92. The predicted octanol–water partition coefficient (Wildman–Crippen LogP) is 5.86. The number of aromatic nitrogens is 1. The molecule has 1 aliphatic rings. The maximum absolute atomic E-state index is 12.9. The largest absolute Gasteiger partial charge is 0.452 e. The summed E-state index contributed by atoms with van der Waals surface area (Å²) >= 11 is 3.53. The Morgan fingerprint density at radius 2 is 2.06 bits per heavy atom. The fourth-order valence-corrected chi connectivity index (χ4v) is 4.63. The first kappa shape index (κ1) is 19.9. The molecule has 3 heterocycles. The molecule has 0 saturated carbocycles. The molecule has 4 aromatic rings. The van der Waals surface area contributed by atoms with Crippen molar-refractivity contribution < 1.29 is 22.7 Å². The monoisotopic (exact) mass is 486 g/mol. The first-order valence-electron chi connectivity index (χ1n) is 9.76. The van der Waals surface area contributed by atoms with Crippen LogP contribution in [-0.2, 0) is 11.3 Å². The van der Waals surface area contributed by atoms with Crippen LogP contribution in [0.2, 0.25) is 0 Å². The lowest BCUT2D eigenvalue weighted by atomic mass is 9.93. The van der Waals surface area contributed by atoms with Gasteiger partial charge in [-0.15, -0.1) is 0 Å². The number of pyridine rings is 1. The van der Waals surface area contributed by atoms with Crippen LogP contribution < -0.4 is 4.74 Å². The van der Waals surface area contributed by atoms with E-state index < -0.39 is 6.61 Å². The van der Waals surface area contributed by atoms with Gasteiger partial charge in [0, 0.05) is 53.1 Å². The first-order valence-corrected chi connectivity index (χ1v) is 10.6. The molecular weight excluding hydrogens is 470 g/mol. The summed E-state index contributed by atoms with van der Waals surface area (Å²) in [6, 6.07) is 12.7. The highest BCUT2D eigenvalue weighted by Crippen LogP contribution is 2.42. The number of carbonyl (C=O) groups excluding carboxylic acids is 1. The fraction of sp³-hybridized carbons (Fsp3) is 0.217. The van der Waals surface area contributed by atoms with Gasteiger partial charge in [0.05, 0.1) is 0 Å². The molecule has 0 aliphatic carbocycles. The number of likely N-dealkylation sites (tertiary alicyclic amines) is 1. The Morgan fingerprint density at radius 1 is 1.23 bits per heavy atom. The van der Waals surface area contributed by atoms with Crippen molar-refractivity contribution in [2.75, 3.05) is 6.54 Å². The molecule has 158 valence electrons. The lowest BCUT2D eigenvalue weighted by molar-refractivity contribution is -0.128. The molecule has 0 bridgehead atoms. The number of rotatable bonds is 5. The van der Waals surface area contributed by atoms with Crippen LogP contribution in [0.1, 0.15) is 23.5 Å². The van der Waals surface area contributed by atoms with Gasteiger partial charge < -0.3 is 14.1 Å². The molecule has 1 unspecified atom stereocenters. The molecule has 2 aromatic carbocycles. The number of halogens is 3. The van der Waals surface area contributed by atoms with Crippen LogP contribution in [-0.4, -0.2) is 28.9 Å². The molecule has 0 spiro atoms. The van der Waals surface area contributed by atoms with Crippen molar-refractivity contribution in [2.45, 2.75) is 25.5 Å². The Labute approximate surface area is 184 Å². The summed E-state index contributed by atoms with van der Waals surface area (Å²) in [5, 5.41) is 1.38. The zero-order valence-corrected chi connectivity index (χ0v) is 17.8. The molecule has 31 heavy (non-hydrogen) atoms. The van der Waals surface area contributed by atoms with Crippen molar-refractivity contribution in [1.29, 1.82) is 0 Å². The molecule has 1 atom stereocenters. The number of furan rings is 1. The van der Waals surface area contributed by atoms with E-state index in [4.69, 9.17) is 4.42 Å². The number of alkyl halides is 2. The van der Waals surface area contributed by atoms with Crippen LogP contribution in [0.3, 0.4) is 0 Å². The zero-order chi connectivity index (χ0) is 21.5. The molecule has 5 rings (SSSR count). The molecule has 1 aliphatic heterocycles. The summed E-state index contributed by atoms with van der Waals surface area (Å²) in [6.45, 7) is -1.94. The number of hydrogen-bond donors (Lipinski definition) is 0. The summed E-state index contributed by atoms with van der Waals surface area (Å²) in [6.07, 6.45) is 3.56. The number of fused-ring (bicyclic) bond motifs is 3. The number of nitrogens with zero attached hydrogens (tertiary/aromatic N) is 2. The number of ether oxygens (including phenoxy) is 1. The summed E-state index contributed by atoms with van der Waals surface area (Å²) in [5.41, 5.74) is 2.68. The van der Waals surface area contributed by atoms with E-state index in [-0.39, 0.29) is 23.2 Å². The third-order valence-corrected chi connectivity index (χ3v) is 6.38. The van der Waals surface area contributed by atoms with Gasteiger partial charge in [-0.3, -0.25) is 9.78 Å². The van der Waals surface area contributed by atoms with Crippen LogP contribution in [0.5, 0.6) is 5.75 Å². The molecule has 1 saturated heterocycles. The first-order chi connectivity index (χ1) is 15.0. The lowest BCUT2D eigenvalue weighted by Gasteiger charge is -2.18. The topological polar surface area (TPSA) is 55.6 Å². The Kier molecular flexibility index (Phi) is 5.09. The zero-order valence-electron chi connectivity index (χ0n) is 16.2. The van der Waals surface area contributed by atoms with Crippen LogP contribution >= 0.6 is 15.9 Å². The molecule has 1 amide bonds. The maximum Gasteiger partial charge on any atom is 0.387 e. The standard InChI is InChI=1S/C23H17BrF2N2O3/c24-17-4-2-1-3-13(17)11-28-12-14(9-20(28)29)15-5-6-19(31-23(25)26)22-21(15)16-10-27-8-7-18(16)30-22/h1-8,10,14,23H,9,11-12H2. The minimum Gasteiger partial charge on any atom is -0.452 e. The van der Waals surface area contributed by atoms with Gasteiger partial charge in [0.15, 0.2) is 11.3 Å². The third-order valence-electron chi connectivity index (χ3n) is 5.61.